The van der Waals surface area contributed by atoms with Gasteiger partial charge in [-0.05, 0) is 65.2 Å². The molecule has 1 fully saturated rings. The Balaban J connectivity index is 2.20. The third kappa shape index (κ3) is 2.07. The topological polar surface area (TPSA) is 9.23 Å². The van der Waals surface area contributed by atoms with Gasteiger partial charge in [-0.3, -0.25) is 0 Å². The van der Waals surface area contributed by atoms with Crippen LogP contribution in [0.25, 0.3) is 0 Å². The molecule has 0 atom stereocenters. The van der Waals surface area contributed by atoms with E-state index in [1.807, 2.05) is 7.11 Å². The number of hydrogen-bond donors (Lipinski definition) is 0. The minimum atomic E-state index is 0.278. The maximum Gasteiger partial charge on any atom is 0.122 e. The second-order valence-electron chi connectivity index (χ2n) is 7.68. The average molecular weight is 258 g/mol. The highest BCUT2D eigenvalue weighted by Crippen LogP contribution is 2.51. The van der Waals surface area contributed by atoms with Gasteiger partial charge in [-0.1, -0.05) is 33.8 Å². The van der Waals surface area contributed by atoms with E-state index in [4.69, 9.17) is 4.74 Å². The van der Waals surface area contributed by atoms with E-state index in [0.29, 0.717) is 5.41 Å². The van der Waals surface area contributed by atoms with E-state index >= 15 is 0 Å². The lowest BCUT2D eigenvalue weighted by atomic mass is 9.63. The summed E-state index contributed by atoms with van der Waals surface area (Å²) in [6, 6.07) is 4.80. The van der Waals surface area contributed by atoms with Crippen LogP contribution in [0.5, 0.6) is 5.75 Å². The summed E-state index contributed by atoms with van der Waals surface area (Å²) in [5, 5.41) is 0. The third-order valence-electron chi connectivity index (χ3n) is 5.22. The fraction of sp³-hybridized carbons (Fsp3) is 0.667. The van der Waals surface area contributed by atoms with E-state index in [1.54, 1.807) is 5.56 Å². The zero-order valence-electron chi connectivity index (χ0n) is 13.0. The fourth-order valence-corrected chi connectivity index (χ4v) is 3.50. The van der Waals surface area contributed by atoms with Crippen molar-refractivity contribution >= 4 is 0 Å². The Hall–Kier alpha value is -0.980. The zero-order valence-corrected chi connectivity index (χ0v) is 13.0. The second kappa shape index (κ2) is 4.01. The molecule has 0 bridgehead atoms. The van der Waals surface area contributed by atoms with Crippen LogP contribution in [0.3, 0.4) is 0 Å². The SMILES string of the molecule is COc1cc2c(cc1C1CC1)C(C)(C)CCC2(C)C. The van der Waals surface area contributed by atoms with E-state index in [1.165, 1.54) is 36.8 Å². The lowest BCUT2D eigenvalue weighted by molar-refractivity contribution is 0.328. The van der Waals surface area contributed by atoms with Gasteiger partial charge in [-0.2, -0.15) is 0 Å². The molecule has 0 unspecified atom stereocenters. The Morgan fingerprint density at radius 3 is 1.95 bits per heavy atom. The van der Waals surface area contributed by atoms with Crippen molar-refractivity contribution in [1.82, 2.24) is 0 Å². The first kappa shape index (κ1) is 13.0. The molecular formula is C18H26O. The molecule has 0 N–H and O–H groups in total. The highest BCUT2D eigenvalue weighted by molar-refractivity contribution is 5.52. The van der Waals surface area contributed by atoms with E-state index in [9.17, 15) is 0 Å². The third-order valence-corrected chi connectivity index (χ3v) is 5.22. The van der Waals surface area contributed by atoms with Gasteiger partial charge in [0.2, 0.25) is 0 Å². The standard InChI is InChI=1S/C18H26O/c1-17(2)8-9-18(3,4)15-11-16(19-5)13(10-14(15)17)12-6-7-12/h10-12H,6-9H2,1-5H3. The first-order valence-corrected chi connectivity index (χ1v) is 7.58. The summed E-state index contributed by atoms with van der Waals surface area (Å²) in [6.45, 7) is 9.53. The monoisotopic (exact) mass is 258 g/mol. The number of ether oxygens (including phenoxy) is 1. The minimum absolute atomic E-state index is 0.278. The number of methoxy groups -OCH3 is 1. The maximum atomic E-state index is 5.67. The first-order chi connectivity index (χ1) is 8.85. The fourth-order valence-electron chi connectivity index (χ4n) is 3.50. The van der Waals surface area contributed by atoms with Crippen LogP contribution in [0.2, 0.25) is 0 Å². The predicted octanol–water partition coefficient (Wildman–Crippen LogP) is 4.92. The van der Waals surface area contributed by atoms with Crippen LogP contribution in [0.15, 0.2) is 12.1 Å². The Morgan fingerprint density at radius 1 is 0.947 bits per heavy atom. The van der Waals surface area contributed by atoms with Gasteiger partial charge in [-0.25, -0.2) is 0 Å². The van der Waals surface area contributed by atoms with Crippen LogP contribution in [0.1, 0.15) is 76.0 Å². The molecule has 1 aromatic rings. The lowest BCUT2D eigenvalue weighted by Gasteiger charge is -2.42. The molecule has 104 valence electrons. The molecular weight excluding hydrogens is 232 g/mol. The van der Waals surface area contributed by atoms with Crippen LogP contribution >= 0.6 is 0 Å². The Morgan fingerprint density at radius 2 is 1.47 bits per heavy atom. The van der Waals surface area contributed by atoms with Crippen LogP contribution in [0.4, 0.5) is 0 Å². The summed E-state index contributed by atoms with van der Waals surface area (Å²) in [6.07, 6.45) is 5.21. The lowest BCUT2D eigenvalue weighted by Crippen LogP contribution is -2.34. The van der Waals surface area contributed by atoms with Crippen LogP contribution < -0.4 is 4.74 Å². The van der Waals surface area contributed by atoms with Crippen molar-refractivity contribution in [2.75, 3.05) is 7.11 Å². The van der Waals surface area contributed by atoms with Crippen LogP contribution in [0, 0.1) is 0 Å². The van der Waals surface area contributed by atoms with Crippen molar-refractivity contribution in [1.29, 1.82) is 0 Å². The number of fused-ring (bicyclic) bond motifs is 1. The summed E-state index contributed by atoms with van der Waals surface area (Å²) in [5.74, 6) is 1.87. The summed E-state index contributed by atoms with van der Waals surface area (Å²) >= 11 is 0. The first-order valence-electron chi connectivity index (χ1n) is 7.58. The van der Waals surface area contributed by atoms with Crippen molar-refractivity contribution in [3.05, 3.63) is 28.8 Å². The molecule has 0 amide bonds. The van der Waals surface area contributed by atoms with Crippen molar-refractivity contribution in [3.8, 4) is 5.75 Å². The molecule has 0 radical (unpaired) electrons. The molecule has 2 aliphatic carbocycles. The van der Waals surface area contributed by atoms with Crippen molar-refractivity contribution in [3.63, 3.8) is 0 Å². The molecule has 1 nitrogen and oxygen atoms in total. The quantitative estimate of drug-likeness (QED) is 0.731. The van der Waals surface area contributed by atoms with Crippen molar-refractivity contribution in [2.45, 2.75) is 70.1 Å². The molecule has 0 spiro atoms. The van der Waals surface area contributed by atoms with Gasteiger partial charge in [0.15, 0.2) is 0 Å². The molecule has 1 aromatic carbocycles. The normalized spacial score (nSPS) is 23.8. The molecule has 0 saturated heterocycles. The predicted molar refractivity (Wildman–Crippen MR) is 80.3 cm³/mol. The van der Waals surface area contributed by atoms with E-state index in [2.05, 4.69) is 39.8 Å². The van der Waals surface area contributed by atoms with Gasteiger partial charge < -0.3 is 4.74 Å². The van der Waals surface area contributed by atoms with Gasteiger partial charge in [0.1, 0.15) is 5.75 Å². The largest absolute Gasteiger partial charge is 0.496 e. The van der Waals surface area contributed by atoms with Gasteiger partial charge in [0.05, 0.1) is 7.11 Å². The molecule has 19 heavy (non-hydrogen) atoms. The number of benzene rings is 1. The van der Waals surface area contributed by atoms with Gasteiger partial charge in [0.25, 0.3) is 0 Å². The van der Waals surface area contributed by atoms with Gasteiger partial charge in [-0.15, -0.1) is 0 Å². The van der Waals surface area contributed by atoms with Crippen molar-refractivity contribution in [2.24, 2.45) is 0 Å². The van der Waals surface area contributed by atoms with Gasteiger partial charge >= 0.3 is 0 Å². The van der Waals surface area contributed by atoms with E-state index in [-0.39, 0.29) is 5.41 Å². The summed E-state index contributed by atoms with van der Waals surface area (Å²) in [7, 11) is 1.81. The molecule has 1 heteroatoms. The van der Waals surface area contributed by atoms with E-state index < -0.39 is 0 Å². The molecule has 1 saturated carbocycles. The molecule has 0 heterocycles. The van der Waals surface area contributed by atoms with Crippen LogP contribution in [-0.4, -0.2) is 7.11 Å². The Labute approximate surface area is 117 Å². The smallest absolute Gasteiger partial charge is 0.122 e. The molecule has 0 aromatic heterocycles. The van der Waals surface area contributed by atoms with Crippen LogP contribution in [-0.2, 0) is 10.8 Å². The summed E-state index contributed by atoms with van der Waals surface area (Å²) in [4.78, 5) is 0. The van der Waals surface area contributed by atoms with Crippen molar-refractivity contribution < 1.29 is 4.74 Å². The van der Waals surface area contributed by atoms with E-state index in [0.717, 1.165) is 11.7 Å². The molecule has 0 aliphatic heterocycles. The van der Waals surface area contributed by atoms with Gasteiger partial charge in [0, 0.05) is 0 Å². The Kier molecular flexibility index (Phi) is 2.75. The number of rotatable bonds is 2. The highest BCUT2D eigenvalue weighted by atomic mass is 16.5. The molecule has 2 aliphatic rings. The Bertz CT molecular complexity index is 507. The highest BCUT2D eigenvalue weighted by Gasteiger charge is 2.39. The maximum absolute atomic E-state index is 5.67. The summed E-state index contributed by atoms with van der Waals surface area (Å²) < 4.78 is 5.67. The summed E-state index contributed by atoms with van der Waals surface area (Å²) in [5.41, 5.74) is 5.10. The number of hydrogen-bond acceptors (Lipinski definition) is 1. The molecule has 3 rings (SSSR count). The minimum Gasteiger partial charge on any atom is -0.496 e. The zero-order chi connectivity index (χ0) is 13.8. The average Bonchev–Trinajstić information content (AvgIpc) is 3.18. The second-order valence-corrected chi connectivity index (χ2v) is 7.68.